The fraction of sp³-hybridized carbons (Fsp3) is 0.118. The van der Waals surface area contributed by atoms with Crippen molar-refractivity contribution in [1.29, 1.82) is 0 Å². The van der Waals surface area contributed by atoms with E-state index in [0.29, 0.717) is 11.1 Å². The van der Waals surface area contributed by atoms with Crippen LogP contribution in [0.15, 0.2) is 60.9 Å². The molecule has 0 aliphatic heterocycles. The number of aromatic nitrogens is 3. The van der Waals surface area contributed by atoms with Crippen LogP contribution in [0, 0.1) is 0 Å². The molecule has 0 saturated heterocycles. The van der Waals surface area contributed by atoms with Crippen molar-refractivity contribution in [3.05, 3.63) is 78.0 Å². The highest BCUT2D eigenvalue weighted by molar-refractivity contribution is 5.59. The Bertz CT molecular complexity index is 820. The smallest absolute Gasteiger partial charge is 0.318 e. The molecule has 122 valence electrons. The van der Waals surface area contributed by atoms with Crippen LogP contribution in [-0.2, 0) is 6.18 Å². The van der Waals surface area contributed by atoms with E-state index in [-0.39, 0.29) is 11.5 Å². The van der Waals surface area contributed by atoms with Gasteiger partial charge in [0.05, 0.1) is 11.7 Å². The Kier molecular flexibility index (Phi) is 4.26. The fourth-order valence-electron chi connectivity index (χ4n) is 2.22. The Morgan fingerprint density at radius 2 is 1.71 bits per heavy atom. The number of benzene rings is 1. The van der Waals surface area contributed by atoms with Crippen molar-refractivity contribution >= 4 is 0 Å². The third-order valence-corrected chi connectivity index (χ3v) is 3.43. The van der Waals surface area contributed by atoms with Crippen LogP contribution < -0.4 is 5.73 Å². The Morgan fingerprint density at radius 1 is 0.958 bits per heavy atom. The lowest BCUT2D eigenvalue weighted by atomic mass is 10.1. The maximum Gasteiger partial charge on any atom is 0.433 e. The average molecular weight is 330 g/mol. The van der Waals surface area contributed by atoms with Crippen LogP contribution in [-0.4, -0.2) is 15.0 Å². The highest BCUT2D eigenvalue weighted by atomic mass is 19.4. The summed E-state index contributed by atoms with van der Waals surface area (Å²) in [6.45, 7) is 0. The van der Waals surface area contributed by atoms with Crippen LogP contribution in [0.5, 0.6) is 0 Å². The van der Waals surface area contributed by atoms with Gasteiger partial charge in [0.1, 0.15) is 5.69 Å². The molecule has 1 atom stereocenters. The van der Waals surface area contributed by atoms with Gasteiger partial charge in [0.25, 0.3) is 0 Å². The van der Waals surface area contributed by atoms with Gasteiger partial charge in [-0.05, 0) is 17.7 Å². The molecular formula is C17H13F3N4. The normalized spacial score (nSPS) is 12.8. The van der Waals surface area contributed by atoms with E-state index >= 15 is 0 Å². The molecule has 4 nitrogen and oxygen atoms in total. The van der Waals surface area contributed by atoms with Gasteiger partial charge < -0.3 is 5.73 Å². The van der Waals surface area contributed by atoms with E-state index in [2.05, 4.69) is 15.0 Å². The number of nitrogens with two attached hydrogens (primary N) is 1. The Labute approximate surface area is 136 Å². The highest BCUT2D eigenvalue weighted by Gasteiger charge is 2.34. The molecule has 1 aromatic carbocycles. The summed E-state index contributed by atoms with van der Waals surface area (Å²) in [4.78, 5) is 11.8. The van der Waals surface area contributed by atoms with E-state index in [1.54, 1.807) is 48.7 Å². The van der Waals surface area contributed by atoms with E-state index in [4.69, 9.17) is 5.73 Å². The topological polar surface area (TPSA) is 64.7 Å². The SMILES string of the molecule is NC(c1cccnc1)c1nc(-c2ccccc2)cc(C(F)(F)F)n1. The zero-order valence-electron chi connectivity index (χ0n) is 12.4. The van der Waals surface area contributed by atoms with Crippen molar-refractivity contribution in [1.82, 2.24) is 15.0 Å². The van der Waals surface area contributed by atoms with Crippen molar-refractivity contribution in [3.63, 3.8) is 0 Å². The minimum Gasteiger partial charge on any atom is -0.318 e. The van der Waals surface area contributed by atoms with Crippen LogP contribution >= 0.6 is 0 Å². The zero-order valence-corrected chi connectivity index (χ0v) is 12.4. The van der Waals surface area contributed by atoms with Gasteiger partial charge in [-0.15, -0.1) is 0 Å². The number of nitrogens with zero attached hydrogens (tertiary/aromatic N) is 3. The number of hydrogen-bond acceptors (Lipinski definition) is 4. The molecular weight excluding hydrogens is 317 g/mol. The van der Waals surface area contributed by atoms with Crippen LogP contribution in [0.25, 0.3) is 11.3 Å². The summed E-state index contributed by atoms with van der Waals surface area (Å²) in [5.74, 6) is -0.100. The van der Waals surface area contributed by atoms with Crippen molar-refractivity contribution in [2.45, 2.75) is 12.2 Å². The molecule has 0 aliphatic carbocycles. The van der Waals surface area contributed by atoms with Gasteiger partial charge in [-0.1, -0.05) is 36.4 Å². The lowest BCUT2D eigenvalue weighted by molar-refractivity contribution is -0.141. The molecule has 0 bridgehead atoms. The van der Waals surface area contributed by atoms with Gasteiger partial charge in [-0.25, -0.2) is 9.97 Å². The van der Waals surface area contributed by atoms with Crippen molar-refractivity contribution in [2.75, 3.05) is 0 Å². The highest BCUT2D eigenvalue weighted by Crippen LogP contribution is 2.31. The van der Waals surface area contributed by atoms with E-state index in [1.807, 2.05) is 0 Å². The van der Waals surface area contributed by atoms with Crippen molar-refractivity contribution in [2.24, 2.45) is 5.73 Å². The van der Waals surface area contributed by atoms with Gasteiger partial charge in [0, 0.05) is 18.0 Å². The van der Waals surface area contributed by atoms with Gasteiger partial charge in [-0.3, -0.25) is 4.98 Å². The maximum absolute atomic E-state index is 13.2. The van der Waals surface area contributed by atoms with E-state index < -0.39 is 17.9 Å². The average Bonchev–Trinajstić information content (AvgIpc) is 2.61. The van der Waals surface area contributed by atoms with Gasteiger partial charge in [0.2, 0.25) is 0 Å². The van der Waals surface area contributed by atoms with Crippen molar-refractivity contribution < 1.29 is 13.2 Å². The molecule has 0 aliphatic rings. The first-order valence-electron chi connectivity index (χ1n) is 7.12. The first-order valence-corrected chi connectivity index (χ1v) is 7.12. The molecule has 24 heavy (non-hydrogen) atoms. The van der Waals surface area contributed by atoms with Gasteiger partial charge in [-0.2, -0.15) is 13.2 Å². The first-order chi connectivity index (χ1) is 11.4. The number of alkyl halides is 3. The van der Waals surface area contributed by atoms with E-state index in [1.165, 1.54) is 6.20 Å². The van der Waals surface area contributed by atoms with Crippen LogP contribution in [0.1, 0.15) is 23.1 Å². The fourth-order valence-corrected chi connectivity index (χ4v) is 2.22. The van der Waals surface area contributed by atoms with Gasteiger partial charge in [0.15, 0.2) is 5.82 Å². The third kappa shape index (κ3) is 3.41. The van der Waals surface area contributed by atoms with Crippen LogP contribution in [0.3, 0.4) is 0 Å². The molecule has 0 fully saturated rings. The summed E-state index contributed by atoms with van der Waals surface area (Å²) >= 11 is 0. The molecule has 2 aromatic heterocycles. The molecule has 3 rings (SSSR count). The molecule has 2 heterocycles. The van der Waals surface area contributed by atoms with E-state index in [9.17, 15) is 13.2 Å². The second-order valence-electron chi connectivity index (χ2n) is 5.12. The summed E-state index contributed by atoms with van der Waals surface area (Å²) < 4.78 is 39.6. The van der Waals surface area contributed by atoms with Crippen LogP contribution in [0.4, 0.5) is 13.2 Å². The minimum absolute atomic E-state index is 0.100. The summed E-state index contributed by atoms with van der Waals surface area (Å²) in [7, 11) is 0. The second-order valence-corrected chi connectivity index (χ2v) is 5.12. The van der Waals surface area contributed by atoms with Crippen LogP contribution in [0.2, 0.25) is 0 Å². The quantitative estimate of drug-likeness (QED) is 0.797. The molecule has 3 aromatic rings. The summed E-state index contributed by atoms with van der Waals surface area (Å²) in [5, 5.41) is 0. The van der Waals surface area contributed by atoms with E-state index in [0.717, 1.165) is 6.07 Å². The maximum atomic E-state index is 13.2. The number of halogens is 3. The lowest BCUT2D eigenvalue weighted by Gasteiger charge is -2.15. The summed E-state index contributed by atoms with van der Waals surface area (Å²) in [5.41, 5.74) is 6.29. The lowest BCUT2D eigenvalue weighted by Crippen LogP contribution is -2.19. The Hall–Kier alpha value is -2.80. The molecule has 0 radical (unpaired) electrons. The predicted molar refractivity (Wildman–Crippen MR) is 82.7 cm³/mol. The molecule has 7 heteroatoms. The minimum atomic E-state index is -4.59. The molecule has 1 unspecified atom stereocenters. The molecule has 0 saturated carbocycles. The zero-order chi connectivity index (χ0) is 17.2. The monoisotopic (exact) mass is 330 g/mol. The largest absolute Gasteiger partial charge is 0.433 e. The number of pyridine rings is 1. The summed E-state index contributed by atoms with van der Waals surface area (Å²) in [6.07, 6.45) is -1.55. The third-order valence-electron chi connectivity index (χ3n) is 3.43. The molecule has 0 spiro atoms. The van der Waals surface area contributed by atoms with Gasteiger partial charge >= 0.3 is 6.18 Å². The Balaban J connectivity index is 2.12. The van der Waals surface area contributed by atoms with Crippen molar-refractivity contribution in [3.8, 4) is 11.3 Å². The predicted octanol–water partition coefficient (Wildman–Crippen LogP) is 3.61. The second kappa shape index (κ2) is 6.37. The molecule has 0 amide bonds. The Morgan fingerprint density at radius 3 is 2.33 bits per heavy atom. The number of hydrogen-bond donors (Lipinski definition) is 1. The first kappa shape index (κ1) is 16.1. The standard InChI is InChI=1S/C17H13F3N4/c18-17(19,20)14-9-13(11-5-2-1-3-6-11)23-16(24-14)15(21)12-7-4-8-22-10-12/h1-10,15H,21H2. The molecule has 2 N–H and O–H groups in total. The summed E-state index contributed by atoms with van der Waals surface area (Å²) in [6, 6.07) is 11.9. The number of rotatable bonds is 3.